The maximum absolute atomic E-state index is 12.1. The zero-order valence-corrected chi connectivity index (χ0v) is 30.1. The van der Waals surface area contributed by atoms with Gasteiger partial charge in [0.1, 0.15) is 73.2 Å². The lowest BCUT2D eigenvalue weighted by atomic mass is 9.91. The number of hydrogen-bond acceptors (Lipinski definition) is 21. The molecule has 5 aliphatic heterocycles. The number of carbonyl (C=O) groups is 3. The molecule has 316 valence electrons. The van der Waals surface area contributed by atoms with Gasteiger partial charge in [-0.15, -0.1) is 5.06 Å². The second-order valence-electron chi connectivity index (χ2n) is 14.4. The Morgan fingerprint density at radius 2 is 1.22 bits per heavy atom. The average Bonchev–Trinajstić information content (AvgIpc) is 3.49. The van der Waals surface area contributed by atoms with Gasteiger partial charge in [0.25, 0.3) is 11.8 Å². The lowest BCUT2D eigenvalue weighted by Crippen LogP contribution is -2.65. The third-order valence-corrected chi connectivity index (χ3v) is 10.6. The van der Waals surface area contributed by atoms with E-state index in [0.29, 0.717) is 37.0 Å². The van der Waals surface area contributed by atoms with Crippen molar-refractivity contribution >= 4 is 17.8 Å². The number of amides is 2. The van der Waals surface area contributed by atoms with Gasteiger partial charge in [0, 0.05) is 25.8 Å². The van der Waals surface area contributed by atoms with Gasteiger partial charge in [0.2, 0.25) is 0 Å². The fourth-order valence-electron chi connectivity index (χ4n) is 7.21. The number of carbonyl (C=O) groups excluding carboxylic acids is 3. The largest absolute Gasteiger partial charge is 0.394 e. The van der Waals surface area contributed by atoms with Crippen molar-refractivity contribution in [3.8, 4) is 0 Å². The molecule has 5 saturated heterocycles. The number of imide groups is 1. The molecule has 5 heterocycles. The zero-order chi connectivity index (χ0) is 40.0. The van der Waals surface area contributed by atoms with Crippen molar-refractivity contribution in [2.45, 2.75) is 137 Å². The molecule has 0 aromatic carbocycles. The molecule has 5 rings (SSSR count). The van der Waals surface area contributed by atoms with Crippen molar-refractivity contribution in [2.75, 3.05) is 46.1 Å². The lowest BCUT2D eigenvalue weighted by Gasteiger charge is -2.46. The molecule has 55 heavy (non-hydrogen) atoms. The minimum atomic E-state index is -1.87. The van der Waals surface area contributed by atoms with Crippen molar-refractivity contribution in [2.24, 2.45) is 5.92 Å². The first-order valence-electron chi connectivity index (χ1n) is 18.5. The first-order chi connectivity index (χ1) is 26.2. The van der Waals surface area contributed by atoms with Crippen molar-refractivity contribution in [1.82, 2.24) is 9.96 Å². The monoisotopic (exact) mass is 798 g/mol. The number of aliphatic hydroxyl groups excluding tert-OH is 10. The maximum Gasteiger partial charge on any atom is 0.333 e. The lowest BCUT2D eigenvalue weighted by molar-refractivity contribution is -0.366. The highest BCUT2D eigenvalue weighted by Gasteiger charge is 2.52. The van der Waals surface area contributed by atoms with Gasteiger partial charge in [-0.3, -0.25) is 9.59 Å². The Morgan fingerprint density at radius 1 is 0.673 bits per heavy atom. The summed E-state index contributed by atoms with van der Waals surface area (Å²) in [6.07, 6.45) is -21.5. The van der Waals surface area contributed by atoms with Gasteiger partial charge >= 0.3 is 5.97 Å². The predicted molar refractivity (Wildman–Crippen MR) is 175 cm³/mol. The van der Waals surface area contributed by atoms with Gasteiger partial charge < -0.3 is 89.2 Å². The van der Waals surface area contributed by atoms with Gasteiger partial charge in [-0.25, -0.2) is 4.79 Å². The molecule has 0 radical (unpaired) electrons. The summed E-state index contributed by atoms with van der Waals surface area (Å²) in [7, 11) is 0. The van der Waals surface area contributed by atoms with Crippen LogP contribution >= 0.6 is 0 Å². The van der Waals surface area contributed by atoms with Crippen molar-refractivity contribution in [3.05, 3.63) is 0 Å². The molecule has 2 amide bonds. The maximum atomic E-state index is 12.1. The van der Waals surface area contributed by atoms with Crippen LogP contribution in [0.1, 0.15) is 44.9 Å². The van der Waals surface area contributed by atoms with Crippen LogP contribution in [-0.4, -0.2) is 217 Å². The quantitative estimate of drug-likeness (QED) is 0.0650. The highest BCUT2D eigenvalue weighted by Crippen LogP contribution is 2.31. The smallest absolute Gasteiger partial charge is 0.333 e. The summed E-state index contributed by atoms with van der Waals surface area (Å²) < 4.78 is 33.8. The molecule has 0 aromatic rings. The van der Waals surface area contributed by atoms with Crippen LogP contribution < -0.4 is 0 Å². The summed E-state index contributed by atoms with van der Waals surface area (Å²) >= 11 is 0. The van der Waals surface area contributed by atoms with Crippen molar-refractivity contribution in [3.63, 3.8) is 0 Å². The summed E-state index contributed by atoms with van der Waals surface area (Å²) in [4.78, 5) is 42.4. The highest BCUT2D eigenvalue weighted by molar-refractivity contribution is 6.01. The molecule has 0 bridgehead atoms. The standard InChI is InChI=1S/C33H54N2O20/c36-12-16-22(41)25(44)27(46)31(51-16)50-14-18-24(43)30(54-33-28(47)26(45)23(42)17(13-37)52-33)29(48)32(53-18)49-11-10-34-8-6-15(7-9-34)2-1-3-21(40)55-35-19(38)4-5-20(35)39/h15-18,22-33,36-37,41-48H,1-14H2/t16-,17-,18-,22-,23-,24-,25+,26+,27+,28+,29+,30+,31+,32-,33-/m1/s1. The summed E-state index contributed by atoms with van der Waals surface area (Å²) in [5.41, 5.74) is 0. The van der Waals surface area contributed by atoms with E-state index in [2.05, 4.69) is 4.90 Å². The van der Waals surface area contributed by atoms with Gasteiger partial charge in [0.15, 0.2) is 18.9 Å². The van der Waals surface area contributed by atoms with E-state index in [1.54, 1.807) is 0 Å². The van der Waals surface area contributed by atoms with Crippen molar-refractivity contribution < 1.29 is 98.7 Å². The van der Waals surface area contributed by atoms with E-state index in [-0.39, 0.29) is 25.9 Å². The Labute approximate surface area is 315 Å². The topological polar surface area (TPSA) is 325 Å². The summed E-state index contributed by atoms with van der Waals surface area (Å²) in [6.45, 7) is -0.245. The fourth-order valence-corrected chi connectivity index (χ4v) is 7.21. The number of nitrogens with zero attached hydrogens (tertiary/aromatic N) is 2. The third-order valence-electron chi connectivity index (χ3n) is 10.6. The first kappa shape index (κ1) is 44.0. The molecule has 22 nitrogen and oxygen atoms in total. The van der Waals surface area contributed by atoms with Gasteiger partial charge in [0.05, 0.1) is 26.4 Å². The predicted octanol–water partition coefficient (Wildman–Crippen LogP) is -6.06. The molecule has 10 N–H and O–H groups in total. The highest BCUT2D eigenvalue weighted by atomic mass is 16.8. The molecule has 0 spiro atoms. The Hall–Kier alpha value is -2.07. The molecular formula is C33H54N2O20. The van der Waals surface area contributed by atoms with Crippen LogP contribution in [0.4, 0.5) is 0 Å². The second-order valence-corrected chi connectivity index (χ2v) is 14.4. The first-order valence-corrected chi connectivity index (χ1v) is 18.5. The Morgan fingerprint density at radius 3 is 1.82 bits per heavy atom. The average molecular weight is 799 g/mol. The van der Waals surface area contributed by atoms with Gasteiger partial charge in [-0.1, -0.05) is 0 Å². The summed E-state index contributed by atoms with van der Waals surface area (Å²) in [5, 5.41) is 104. The number of aliphatic hydroxyl groups is 10. The van der Waals surface area contributed by atoms with Crippen LogP contribution in [0.15, 0.2) is 0 Å². The van der Waals surface area contributed by atoms with Crippen LogP contribution in [-0.2, 0) is 47.6 Å². The molecule has 0 aliphatic carbocycles. The van der Waals surface area contributed by atoms with E-state index in [1.807, 2.05) is 0 Å². The third kappa shape index (κ3) is 10.7. The number of rotatable bonds is 16. The van der Waals surface area contributed by atoms with Crippen LogP contribution in [0, 0.1) is 5.92 Å². The number of likely N-dealkylation sites (tertiary alicyclic amines) is 1. The number of hydrogen-bond donors (Lipinski definition) is 10. The molecule has 15 atom stereocenters. The Bertz CT molecular complexity index is 1240. The summed E-state index contributed by atoms with van der Waals surface area (Å²) in [6, 6.07) is 0. The Balaban J connectivity index is 1.13. The molecule has 0 aromatic heterocycles. The number of piperidine rings is 1. The normalized spacial score (nSPS) is 40.8. The van der Waals surface area contributed by atoms with E-state index in [1.165, 1.54) is 0 Å². The van der Waals surface area contributed by atoms with E-state index >= 15 is 0 Å². The SMILES string of the molecule is O=C(CCCC1CCN(CCO[C@@H]2O[C@H](CO[C@H]3O[C@H](CO)[C@@H](O)[C@H](O)[C@@H]3O)[C@@H](O)[C@H](O[C@H]3O[C@H](CO)[C@@H](O)[C@H](O)[C@@H]3O)[C@@H]2O)CC1)ON1C(=O)CCC1=O. The van der Waals surface area contributed by atoms with Gasteiger partial charge in [-0.05, 0) is 44.7 Å². The molecule has 5 aliphatic rings. The van der Waals surface area contributed by atoms with E-state index in [0.717, 1.165) is 19.3 Å². The minimum Gasteiger partial charge on any atom is -0.394 e. The molecule has 0 saturated carbocycles. The van der Waals surface area contributed by atoms with Crippen molar-refractivity contribution in [1.29, 1.82) is 0 Å². The Kier molecular flexibility index (Phi) is 16.1. The van der Waals surface area contributed by atoms with E-state index in [9.17, 15) is 65.4 Å². The summed E-state index contributed by atoms with van der Waals surface area (Å²) in [5.74, 6) is -1.37. The van der Waals surface area contributed by atoms with Crippen LogP contribution in [0.5, 0.6) is 0 Å². The number of hydroxylamine groups is 2. The second kappa shape index (κ2) is 20.1. The van der Waals surface area contributed by atoms with Crippen LogP contribution in [0.3, 0.4) is 0 Å². The fraction of sp³-hybridized carbons (Fsp3) is 0.909. The molecule has 22 heteroatoms. The number of ether oxygens (including phenoxy) is 6. The molecular weight excluding hydrogens is 744 g/mol. The van der Waals surface area contributed by atoms with E-state index < -0.39 is 130 Å². The van der Waals surface area contributed by atoms with Crippen LogP contribution in [0.25, 0.3) is 0 Å². The zero-order valence-electron chi connectivity index (χ0n) is 30.1. The van der Waals surface area contributed by atoms with E-state index in [4.69, 9.17) is 33.3 Å². The molecule has 5 fully saturated rings. The minimum absolute atomic E-state index is 0.0231. The van der Waals surface area contributed by atoms with Gasteiger partial charge in [-0.2, -0.15) is 0 Å². The molecule has 0 unspecified atom stereocenters. The van der Waals surface area contributed by atoms with Crippen LogP contribution in [0.2, 0.25) is 0 Å².